The fourth-order valence-electron chi connectivity index (χ4n) is 3.66. The number of methoxy groups -OCH3 is 1. The number of rotatable bonds is 10. The zero-order valence-electron chi connectivity index (χ0n) is 18.7. The van der Waals surface area contributed by atoms with Gasteiger partial charge in [0.15, 0.2) is 5.13 Å². The number of ether oxygens (including phenoxy) is 2. The number of benzene rings is 2. The minimum absolute atomic E-state index is 0.0533. The zero-order valence-corrected chi connectivity index (χ0v) is 20.3. The number of carbonyl (C=O) groups excluding carboxylic acids is 1. The number of anilines is 1. The van der Waals surface area contributed by atoms with Crippen LogP contribution in [0.15, 0.2) is 47.4 Å². The Hall–Kier alpha value is -2.20. The second-order valence-corrected chi connectivity index (χ2v) is 9.91. The lowest BCUT2D eigenvalue weighted by molar-refractivity contribution is -0.118. The molecule has 1 saturated heterocycles. The Morgan fingerprint density at radius 3 is 2.79 bits per heavy atom. The molecule has 0 saturated carbocycles. The Kier molecular flexibility index (Phi) is 8.55. The summed E-state index contributed by atoms with van der Waals surface area (Å²) in [6.45, 7) is 4.95. The molecule has 176 valence electrons. The van der Waals surface area contributed by atoms with Gasteiger partial charge >= 0.3 is 0 Å². The van der Waals surface area contributed by atoms with Gasteiger partial charge in [-0.2, -0.15) is 0 Å². The Labute approximate surface area is 201 Å². The molecule has 0 bridgehead atoms. The van der Waals surface area contributed by atoms with Crippen molar-refractivity contribution < 1.29 is 18.7 Å². The highest BCUT2D eigenvalue weighted by Crippen LogP contribution is 2.32. The molecule has 9 heteroatoms. The van der Waals surface area contributed by atoms with Gasteiger partial charge in [-0.1, -0.05) is 11.3 Å². The Morgan fingerprint density at radius 2 is 2.03 bits per heavy atom. The zero-order chi connectivity index (χ0) is 23.0. The molecule has 33 heavy (non-hydrogen) atoms. The number of carbonyl (C=O) groups is 1. The highest BCUT2D eigenvalue weighted by atomic mass is 32.2. The third-order valence-electron chi connectivity index (χ3n) is 5.47. The van der Waals surface area contributed by atoms with Gasteiger partial charge in [-0.15, -0.1) is 11.8 Å². The van der Waals surface area contributed by atoms with Gasteiger partial charge in [0.1, 0.15) is 11.6 Å². The number of amides is 1. The van der Waals surface area contributed by atoms with Crippen LogP contribution in [0.2, 0.25) is 0 Å². The van der Waals surface area contributed by atoms with Gasteiger partial charge in [0.05, 0.1) is 30.5 Å². The summed E-state index contributed by atoms with van der Waals surface area (Å²) in [7, 11) is 1.64. The molecule has 0 N–H and O–H groups in total. The quantitative estimate of drug-likeness (QED) is 0.386. The number of aromatic nitrogens is 1. The molecule has 2 heterocycles. The summed E-state index contributed by atoms with van der Waals surface area (Å²) in [5.74, 6) is 1.20. The van der Waals surface area contributed by atoms with Crippen LogP contribution in [0.4, 0.5) is 9.52 Å². The standard InChI is InChI=1S/C24H28FN3O3S2/c1-30-19-5-8-21-22(17-19)33-24(26-21)28(11-2-10-27-12-14-31-15-13-27)23(29)9-16-32-20-6-3-18(25)4-7-20/h3-8,17H,2,9-16H2,1H3. The van der Waals surface area contributed by atoms with Crippen LogP contribution in [0.1, 0.15) is 12.8 Å². The lowest BCUT2D eigenvalue weighted by Gasteiger charge is -2.27. The summed E-state index contributed by atoms with van der Waals surface area (Å²) in [6, 6.07) is 12.1. The molecule has 1 aliphatic heterocycles. The predicted octanol–water partition coefficient (Wildman–Crippen LogP) is 4.68. The summed E-state index contributed by atoms with van der Waals surface area (Å²) in [4.78, 5) is 23.1. The number of thioether (sulfide) groups is 1. The molecule has 0 spiro atoms. The van der Waals surface area contributed by atoms with E-state index in [0.29, 0.717) is 18.7 Å². The number of fused-ring (bicyclic) bond motifs is 1. The third-order valence-corrected chi connectivity index (χ3v) is 7.53. The van der Waals surface area contributed by atoms with Crippen molar-refractivity contribution in [1.29, 1.82) is 0 Å². The molecule has 1 aromatic heterocycles. The molecule has 0 unspecified atom stereocenters. The number of nitrogens with zero attached hydrogens (tertiary/aromatic N) is 3. The summed E-state index contributed by atoms with van der Waals surface area (Å²) in [5.41, 5.74) is 0.863. The second kappa shape index (κ2) is 11.8. The first-order valence-corrected chi connectivity index (χ1v) is 12.9. The van der Waals surface area contributed by atoms with Crippen molar-refractivity contribution in [3.8, 4) is 5.75 Å². The molecule has 0 aliphatic carbocycles. The van der Waals surface area contributed by atoms with Gasteiger partial charge in [0.25, 0.3) is 0 Å². The number of hydrogen-bond acceptors (Lipinski definition) is 7. The smallest absolute Gasteiger partial charge is 0.229 e. The van der Waals surface area contributed by atoms with Crippen molar-refractivity contribution in [2.75, 3.05) is 57.2 Å². The van der Waals surface area contributed by atoms with Crippen molar-refractivity contribution in [2.45, 2.75) is 17.7 Å². The van der Waals surface area contributed by atoms with Gasteiger partial charge in [0, 0.05) is 43.2 Å². The van der Waals surface area contributed by atoms with Gasteiger partial charge in [0.2, 0.25) is 5.91 Å². The monoisotopic (exact) mass is 489 g/mol. The van der Waals surface area contributed by atoms with Gasteiger partial charge < -0.3 is 9.47 Å². The van der Waals surface area contributed by atoms with E-state index in [1.165, 1.54) is 23.5 Å². The molecule has 1 fully saturated rings. The number of morpholine rings is 1. The molecule has 0 radical (unpaired) electrons. The van der Waals surface area contributed by atoms with Crippen LogP contribution in [0.5, 0.6) is 5.75 Å². The van der Waals surface area contributed by atoms with Crippen LogP contribution in [-0.2, 0) is 9.53 Å². The van der Waals surface area contributed by atoms with E-state index in [-0.39, 0.29) is 11.7 Å². The first-order chi connectivity index (χ1) is 16.1. The Balaban J connectivity index is 1.42. The summed E-state index contributed by atoms with van der Waals surface area (Å²) >= 11 is 3.07. The molecule has 1 aliphatic rings. The molecular formula is C24H28FN3O3S2. The van der Waals surface area contributed by atoms with Gasteiger partial charge in [-0.05, 0) is 48.9 Å². The summed E-state index contributed by atoms with van der Waals surface area (Å²) < 4.78 is 24.9. The van der Waals surface area contributed by atoms with E-state index in [9.17, 15) is 9.18 Å². The van der Waals surface area contributed by atoms with Gasteiger partial charge in [-0.3, -0.25) is 14.6 Å². The third kappa shape index (κ3) is 6.66. The highest BCUT2D eigenvalue weighted by molar-refractivity contribution is 7.99. The van der Waals surface area contributed by atoms with Crippen molar-refractivity contribution >= 4 is 44.4 Å². The van der Waals surface area contributed by atoms with E-state index >= 15 is 0 Å². The van der Waals surface area contributed by atoms with Crippen molar-refractivity contribution in [2.24, 2.45) is 0 Å². The maximum Gasteiger partial charge on any atom is 0.229 e. The van der Waals surface area contributed by atoms with E-state index < -0.39 is 0 Å². The first-order valence-electron chi connectivity index (χ1n) is 11.1. The van der Waals surface area contributed by atoms with Gasteiger partial charge in [-0.25, -0.2) is 9.37 Å². The Bertz CT molecular complexity index is 1050. The lowest BCUT2D eigenvalue weighted by atomic mass is 10.3. The highest BCUT2D eigenvalue weighted by Gasteiger charge is 2.20. The molecule has 1 amide bonds. The number of hydrogen-bond donors (Lipinski definition) is 0. The minimum Gasteiger partial charge on any atom is -0.497 e. The van der Waals surface area contributed by atoms with E-state index in [1.54, 1.807) is 31.0 Å². The molecule has 2 aromatic carbocycles. The van der Waals surface area contributed by atoms with E-state index in [4.69, 9.17) is 14.5 Å². The number of halogens is 1. The first kappa shape index (κ1) is 23.9. The van der Waals surface area contributed by atoms with Crippen molar-refractivity contribution in [3.05, 3.63) is 48.3 Å². The Morgan fingerprint density at radius 1 is 1.24 bits per heavy atom. The average molecular weight is 490 g/mol. The van der Waals surface area contributed by atoms with Crippen LogP contribution in [0.25, 0.3) is 10.2 Å². The van der Waals surface area contributed by atoms with Crippen LogP contribution in [0.3, 0.4) is 0 Å². The summed E-state index contributed by atoms with van der Waals surface area (Å²) in [6.07, 6.45) is 1.26. The summed E-state index contributed by atoms with van der Waals surface area (Å²) in [5, 5.41) is 0.719. The maximum atomic E-state index is 13.2. The molecular weight excluding hydrogens is 461 g/mol. The normalized spacial score (nSPS) is 14.5. The fourth-order valence-corrected chi connectivity index (χ4v) is 5.54. The fraction of sp³-hybridized carbons (Fsp3) is 0.417. The second-order valence-electron chi connectivity index (χ2n) is 7.74. The van der Waals surface area contributed by atoms with E-state index in [0.717, 1.165) is 65.3 Å². The average Bonchev–Trinajstić information content (AvgIpc) is 3.26. The van der Waals surface area contributed by atoms with Crippen LogP contribution >= 0.6 is 23.1 Å². The lowest BCUT2D eigenvalue weighted by Crippen LogP contribution is -2.39. The molecule has 4 rings (SSSR count). The van der Waals surface area contributed by atoms with Crippen LogP contribution in [-0.4, -0.2) is 68.0 Å². The molecule has 3 aromatic rings. The van der Waals surface area contributed by atoms with Crippen molar-refractivity contribution in [1.82, 2.24) is 9.88 Å². The SMILES string of the molecule is COc1ccc2nc(N(CCCN3CCOCC3)C(=O)CCSc3ccc(F)cc3)sc2c1. The largest absolute Gasteiger partial charge is 0.497 e. The van der Waals surface area contributed by atoms with Crippen LogP contribution in [0, 0.1) is 5.82 Å². The predicted molar refractivity (Wildman–Crippen MR) is 132 cm³/mol. The minimum atomic E-state index is -0.255. The molecule has 0 atom stereocenters. The topological polar surface area (TPSA) is 54.9 Å². The number of thiazole rings is 1. The van der Waals surface area contributed by atoms with E-state index in [2.05, 4.69) is 4.90 Å². The maximum absolute atomic E-state index is 13.2. The van der Waals surface area contributed by atoms with E-state index in [1.807, 2.05) is 23.1 Å². The van der Waals surface area contributed by atoms with Crippen LogP contribution < -0.4 is 9.64 Å². The molecule has 6 nitrogen and oxygen atoms in total. The van der Waals surface area contributed by atoms with Crippen molar-refractivity contribution in [3.63, 3.8) is 0 Å².